The molecule has 0 saturated carbocycles. The first-order valence-corrected chi connectivity index (χ1v) is 12.5. The summed E-state index contributed by atoms with van der Waals surface area (Å²) in [4.78, 5) is 14.3. The Morgan fingerprint density at radius 1 is 0.892 bits per heavy atom. The lowest BCUT2D eigenvalue weighted by Gasteiger charge is -2.33. The molecule has 1 fully saturated rings. The molecule has 6 nitrogen and oxygen atoms in total. The Labute approximate surface area is 217 Å². The Morgan fingerprint density at radius 3 is 2.24 bits per heavy atom. The maximum Gasteiger partial charge on any atom is 0.320 e. The van der Waals surface area contributed by atoms with Crippen LogP contribution in [0.25, 0.3) is 10.8 Å². The predicted molar refractivity (Wildman–Crippen MR) is 143 cm³/mol. The van der Waals surface area contributed by atoms with Crippen LogP contribution < -0.4 is 14.2 Å². The summed E-state index contributed by atoms with van der Waals surface area (Å²) in [5.74, 6) is 0.806. The molecule has 0 spiro atoms. The van der Waals surface area contributed by atoms with Gasteiger partial charge in [-0.15, -0.1) is 0 Å². The topological polar surface area (TPSA) is 68.2 Å². The van der Waals surface area contributed by atoms with E-state index < -0.39 is 12.0 Å². The fourth-order valence-corrected chi connectivity index (χ4v) is 5.25. The van der Waals surface area contributed by atoms with Crippen molar-refractivity contribution in [2.75, 3.05) is 20.8 Å². The average Bonchev–Trinajstić information content (AvgIpc) is 3.42. The van der Waals surface area contributed by atoms with Crippen LogP contribution >= 0.6 is 0 Å². The fourth-order valence-electron chi connectivity index (χ4n) is 5.25. The highest BCUT2D eigenvalue weighted by Crippen LogP contribution is 2.44. The molecular weight excluding hydrogens is 466 g/mol. The first kappa shape index (κ1) is 24.7. The lowest BCUT2D eigenvalue weighted by Crippen LogP contribution is -2.39. The molecule has 2 unspecified atom stereocenters. The van der Waals surface area contributed by atoms with Crippen molar-refractivity contribution in [2.45, 2.75) is 31.5 Å². The molecule has 1 aliphatic heterocycles. The van der Waals surface area contributed by atoms with Crippen LogP contribution in [0.5, 0.6) is 17.2 Å². The standard InChI is InChI=1S/C31H31NO5/c1-35-27-18-25(19-28(36-2)30(27)37-20-21-9-4-3-5-10-21)29(32-16-8-13-26(32)31(33)34)24-15-14-22-11-6-7-12-23(22)17-24/h3-7,9-12,14-15,17-19,26,29H,8,13,16,20H2,1-2H3,(H,33,34). The molecule has 0 amide bonds. The van der Waals surface area contributed by atoms with Crippen molar-refractivity contribution in [3.63, 3.8) is 0 Å². The molecule has 0 radical (unpaired) electrons. The number of hydrogen-bond acceptors (Lipinski definition) is 5. The largest absolute Gasteiger partial charge is 0.493 e. The quantitative estimate of drug-likeness (QED) is 0.303. The number of fused-ring (bicyclic) bond motifs is 1. The maximum atomic E-state index is 12.2. The number of likely N-dealkylation sites (tertiary alicyclic amines) is 1. The molecule has 4 aromatic rings. The highest BCUT2D eigenvalue weighted by atomic mass is 16.5. The summed E-state index contributed by atoms with van der Waals surface area (Å²) in [6.45, 7) is 1.06. The zero-order valence-electron chi connectivity index (χ0n) is 21.1. The van der Waals surface area contributed by atoms with Gasteiger partial charge in [0.15, 0.2) is 11.5 Å². The Morgan fingerprint density at radius 2 is 1.57 bits per heavy atom. The molecule has 190 valence electrons. The zero-order valence-corrected chi connectivity index (χ0v) is 21.1. The summed E-state index contributed by atoms with van der Waals surface area (Å²) in [6.07, 6.45) is 1.44. The third kappa shape index (κ3) is 5.11. The second kappa shape index (κ2) is 10.9. The van der Waals surface area contributed by atoms with Crippen molar-refractivity contribution in [3.8, 4) is 17.2 Å². The molecule has 1 aliphatic rings. The Balaban J connectivity index is 1.60. The predicted octanol–water partition coefficient (Wildman–Crippen LogP) is 6.07. The van der Waals surface area contributed by atoms with Gasteiger partial charge < -0.3 is 19.3 Å². The number of hydrogen-bond donors (Lipinski definition) is 1. The van der Waals surface area contributed by atoms with Crippen molar-refractivity contribution in [1.82, 2.24) is 4.90 Å². The number of benzene rings is 4. The summed E-state index contributed by atoms with van der Waals surface area (Å²) in [7, 11) is 3.21. The smallest absolute Gasteiger partial charge is 0.320 e. The lowest BCUT2D eigenvalue weighted by atomic mass is 9.93. The molecule has 1 N–H and O–H groups in total. The van der Waals surface area contributed by atoms with E-state index >= 15 is 0 Å². The van der Waals surface area contributed by atoms with Crippen molar-refractivity contribution < 1.29 is 24.1 Å². The van der Waals surface area contributed by atoms with Crippen molar-refractivity contribution in [1.29, 1.82) is 0 Å². The van der Waals surface area contributed by atoms with E-state index in [2.05, 4.69) is 35.2 Å². The van der Waals surface area contributed by atoms with Crippen LogP contribution in [0.2, 0.25) is 0 Å². The maximum absolute atomic E-state index is 12.2. The minimum absolute atomic E-state index is 0.292. The molecule has 4 aromatic carbocycles. The zero-order chi connectivity index (χ0) is 25.8. The van der Waals surface area contributed by atoms with Gasteiger partial charge in [0.2, 0.25) is 5.75 Å². The average molecular weight is 498 g/mol. The number of carboxylic acids is 1. The molecule has 1 saturated heterocycles. The number of ether oxygens (including phenoxy) is 3. The van der Waals surface area contributed by atoms with Gasteiger partial charge in [-0.05, 0) is 58.5 Å². The molecule has 0 aliphatic carbocycles. The van der Waals surface area contributed by atoms with Gasteiger partial charge in [0.1, 0.15) is 12.6 Å². The lowest BCUT2D eigenvalue weighted by molar-refractivity contribution is -0.142. The SMILES string of the molecule is COc1cc(C(c2ccc3ccccc3c2)N2CCCC2C(=O)O)cc(OC)c1OCc1ccccc1. The molecule has 6 heteroatoms. The van der Waals surface area contributed by atoms with Gasteiger partial charge in [-0.1, -0.05) is 66.7 Å². The van der Waals surface area contributed by atoms with E-state index in [-0.39, 0.29) is 6.04 Å². The number of carbonyl (C=O) groups is 1. The van der Waals surface area contributed by atoms with E-state index in [1.807, 2.05) is 54.6 Å². The van der Waals surface area contributed by atoms with Crippen LogP contribution in [-0.4, -0.2) is 42.8 Å². The second-order valence-electron chi connectivity index (χ2n) is 9.27. The van der Waals surface area contributed by atoms with Gasteiger partial charge >= 0.3 is 5.97 Å². The van der Waals surface area contributed by atoms with E-state index in [0.29, 0.717) is 36.8 Å². The van der Waals surface area contributed by atoms with Gasteiger partial charge in [0.25, 0.3) is 0 Å². The highest BCUT2D eigenvalue weighted by Gasteiger charge is 2.37. The van der Waals surface area contributed by atoms with Gasteiger partial charge in [0, 0.05) is 6.54 Å². The van der Waals surface area contributed by atoms with Crippen LogP contribution in [0, 0.1) is 0 Å². The summed E-state index contributed by atoms with van der Waals surface area (Å²) < 4.78 is 17.7. The number of methoxy groups -OCH3 is 2. The molecule has 0 bridgehead atoms. The third-order valence-corrected chi connectivity index (χ3v) is 7.02. The molecule has 2 atom stereocenters. The van der Waals surface area contributed by atoms with Gasteiger partial charge in [0.05, 0.1) is 20.3 Å². The van der Waals surface area contributed by atoms with Crippen LogP contribution in [0.3, 0.4) is 0 Å². The summed E-state index contributed by atoms with van der Waals surface area (Å²) >= 11 is 0. The van der Waals surface area contributed by atoms with Gasteiger partial charge in [-0.25, -0.2) is 0 Å². The van der Waals surface area contributed by atoms with Crippen LogP contribution in [0.15, 0.2) is 84.9 Å². The number of nitrogens with zero attached hydrogens (tertiary/aromatic N) is 1. The number of rotatable bonds is 9. The minimum atomic E-state index is -0.801. The summed E-state index contributed by atoms with van der Waals surface area (Å²) in [5, 5.41) is 12.3. The van der Waals surface area contributed by atoms with Crippen LogP contribution in [-0.2, 0) is 11.4 Å². The minimum Gasteiger partial charge on any atom is -0.493 e. The molecular formula is C31H31NO5. The molecule has 0 aromatic heterocycles. The number of carboxylic acid groups (broad SMARTS) is 1. The van der Waals surface area contributed by atoms with E-state index in [0.717, 1.165) is 33.9 Å². The monoisotopic (exact) mass is 497 g/mol. The highest BCUT2D eigenvalue weighted by molar-refractivity contribution is 5.83. The third-order valence-electron chi connectivity index (χ3n) is 7.02. The summed E-state index contributed by atoms with van der Waals surface area (Å²) in [5.41, 5.74) is 2.95. The van der Waals surface area contributed by atoms with Crippen LogP contribution in [0.4, 0.5) is 0 Å². The molecule has 5 rings (SSSR count). The van der Waals surface area contributed by atoms with Crippen molar-refractivity contribution in [3.05, 3.63) is 102 Å². The molecule has 37 heavy (non-hydrogen) atoms. The van der Waals surface area contributed by atoms with Gasteiger partial charge in [-0.3, -0.25) is 9.69 Å². The Hall–Kier alpha value is -4.03. The van der Waals surface area contributed by atoms with Gasteiger partial charge in [-0.2, -0.15) is 0 Å². The second-order valence-corrected chi connectivity index (χ2v) is 9.27. The Bertz CT molecular complexity index is 1360. The van der Waals surface area contributed by atoms with E-state index in [9.17, 15) is 9.90 Å². The van der Waals surface area contributed by atoms with E-state index in [1.165, 1.54) is 0 Å². The van der Waals surface area contributed by atoms with E-state index in [1.54, 1.807) is 14.2 Å². The first-order chi connectivity index (χ1) is 18.1. The van der Waals surface area contributed by atoms with Crippen LogP contribution in [0.1, 0.15) is 35.6 Å². The van der Waals surface area contributed by atoms with E-state index in [4.69, 9.17) is 14.2 Å². The number of aliphatic carboxylic acids is 1. The normalized spacial score (nSPS) is 16.4. The first-order valence-electron chi connectivity index (χ1n) is 12.5. The fraction of sp³-hybridized carbons (Fsp3) is 0.258. The molecule has 1 heterocycles. The van der Waals surface area contributed by atoms with Crippen molar-refractivity contribution in [2.24, 2.45) is 0 Å². The Kier molecular flexibility index (Phi) is 7.28. The summed E-state index contributed by atoms with van der Waals surface area (Å²) in [6, 6.07) is 27.5. The van der Waals surface area contributed by atoms with Crippen molar-refractivity contribution >= 4 is 16.7 Å².